The maximum Gasteiger partial charge on any atom is 0.257 e. The van der Waals surface area contributed by atoms with E-state index in [-0.39, 0.29) is 5.91 Å². The van der Waals surface area contributed by atoms with E-state index in [0.717, 1.165) is 21.7 Å². The Labute approximate surface area is 179 Å². The first-order valence-corrected chi connectivity index (χ1v) is 11.7. The third-order valence-electron chi connectivity index (χ3n) is 4.31. The molecule has 1 amide bonds. The fraction of sp³-hybridized carbons (Fsp3) is 0.550. The summed E-state index contributed by atoms with van der Waals surface area (Å²) in [6.45, 7) is 3.15. The molecule has 0 atom stereocenters. The molecule has 2 aromatic rings. The van der Waals surface area contributed by atoms with Crippen LogP contribution in [0.25, 0.3) is 0 Å². The highest BCUT2D eigenvalue weighted by atomic mass is 127. The van der Waals surface area contributed by atoms with E-state index >= 15 is 0 Å². The number of hydrogen-bond donors (Lipinski definition) is 2. The fourth-order valence-corrected chi connectivity index (χ4v) is 3.77. The average Bonchev–Trinajstić information content (AvgIpc) is 3.11. The molecule has 0 spiro atoms. The molecular formula is C20H29IN4OS. The summed E-state index contributed by atoms with van der Waals surface area (Å²) in [6, 6.07) is 7.43. The van der Waals surface area contributed by atoms with Crippen LogP contribution in [0.4, 0.5) is 10.3 Å². The average molecular weight is 500 g/mol. The summed E-state index contributed by atoms with van der Waals surface area (Å²) < 4.78 is 1.10. The van der Waals surface area contributed by atoms with E-state index in [9.17, 15) is 4.79 Å². The number of amides is 1. The predicted molar refractivity (Wildman–Crippen MR) is 123 cm³/mol. The number of nitrogens with one attached hydrogen (secondary N) is 2. The molecule has 0 aliphatic carbocycles. The van der Waals surface area contributed by atoms with Crippen molar-refractivity contribution in [3.8, 4) is 0 Å². The van der Waals surface area contributed by atoms with Crippen molar-refractivity contribution < 1.29 is 4.79 Å². The van der Waals surface area contributed by atoms with Gasteiger partial charge in [0.25, 0.3) is 5.91 Å². The second-order valence-electron chi connectivity index (χ2n) is 6.63. The number of rotatable bonds is 13. The summed E-state index contributed by atoms with van der Waals surface area (Å²) in [5, 5.41) is 15.5. The molecule has 1 aromatic carbocycles. The Morgan fingerprint density at radius 1 is 0.926 bits per heavy atom. The number of benzene rings is 1. The lowest BCUT2D eigenvalue weighted by atomic mass is 10.1. The van der Waals surface area contributed by atoms with Gasteiger partial charge < -0.3 is 5.32 Å². The lowest BCUT2D eigenvalue weighted by Gasteiger charge is -2.03. The number of carbonyl (C=O) groups excluding carboxylic acids is 1. The Morgan fingerprint density at radius 3 is 2.19 bits per heavy atom. The SMILES string of the molecule is CCCCCCCCCCCNc1nnc(NC(=O)c2ccc(I)cc2)s1. The van der Waals surface area contributed by atoms with Crippen molar-refractivity contribution in [3.05, 3.63) is 33.4 Å². The van der Waals surface area contributed by atoms with Crippen LogP contribution >= 0.6 is 33.9 Å². The minimum Gasteiger partial charge on any atom is -0.360 e. The Kier molecular flexibility index (Phi) is 10.7. The molecule has 2 rings (SSSR count). The number of aromatic nitrogens is 2. The maximum absolute atomic E-state index is 12.2. The van der Waals surface area contributed by atoms with Crippen molar-refractivity contribution in [2.75, 3.05) is 17.2 Å². The summed E-state index contributed by atoms with van der Waals surface area (Å²) >= 11 is 3.59. The van der Waals surface area contributed by atoms with Crippen molar-refractivity contribution >= 4 is 50.1 Å². The highest BCUT2D eigenvalue weighted by molar-refractivity contribution is 14.1. The van der Waals surface area contributed by atoms with Crippen LogP contribution in [0.1, 0.15) is 75.1 Å². The molecule has 0 aliphatic rings. The van der Waals surface area contributed by atoms with E-state index < -0.39 is 0 Å². The molecule has 27 heavy (non-hydrogen) atoms. The van der Waals surface area contributed by atoms with Crippen LogP contribution in [0.5, 0.6) is 0 Å². The highest BCUT2D eigenvalue weighted by Crippen LogP contribution is 2.21. The topological polar surface area (TPSA) is 66.9 Å². The molecule has 0 fully saturated rings. The molecule has 1 heterocycles. The van der Waals surface area contributed by atoms with Gasteiger partial charge in [-0.1, -0.05) is 69.6 Å². The van der Waals surface area contributed by atoms with E-state index in [2.05, 4.69) is 50.3 Å². The van der Waals surface area contributed by atoms with E-state index in [1.54, 1.807) is 12.1 Å². The smallest absolute Gasteiger partial charge is 0.257 e. The molecule has 7 heteroatoms. The van der Waals surface area contributed by atoms with Crippen molar-refractivity contribution in [2.45, 2.75) is 64.7 Å². The molecule has 0 saturated heterocycles. The zero-order valence-corrected chi connectivity index (χ0v) is 18.9. The van der Waals surface area contributed by atoms with Crippen LogP contribution in [0, 0.1) is 3.57 Å². The van der Waals surface area contributed by atoms with Crippen LogP contribution in [0.2, 0.25) is 0 Å². The molecule has 0 radical (unpaired) electrons. The number of unbranched alkanes of at least 4 members (excludes halogenated alkanes) is 8. The first-order valence-electron chi connectivity index (χ1n) is 9.83. The van der Waals surface area contributed by atoms with Crippen LogP contribution < -0.4 is 10.6 Å². The van der Waals surface area contributed by atoms with Gasteiger partial charge in [0.1, 0.15) is 0 Å². The molecule has 0 unspecified atom stereocenters. The lowest BCUT2D eigenvalue weighted by Crippen LogP contribution is -2.11. The number of carbonyl (C=O) groups is 1. The number of hydrogen-bond acceptors (Lipinski definition) is 5. The van der Waals surface area contributed by atoms with Crippen LogP contribution in [-0.2, 0) is 0 Å². The standard InChI is InChI=1S/C20H29IN4OS/c1-2-3-4-5-6-7-8-9-10-15-22-19-24-25-20(27-19)23-18(26)16-11-13-17(21)14-12-16/h11-14H,2-10,15H2,1H3,(H,22,24)(H,23,25,26). The monoisotopic (exact) mass is 500 g/mol. The summed E-state index contributed by atoms with van der Waals surface area (Å²) in [5.74, 6) is -0.159. The van der Waals surface area contributed by atoms with Crippen molar-refractivity contribution in [1.82, 2.24) is 10.2 Å². The van der Waals surface area contributed by atoms with Gasteiger partial charge in [0.2, 0.25) is 10.3 Å². The van der Waals surface area contributed by atoms with Crippen molar-refractivity contribution in [1.29, 1.82) is 0 Å². The number of halogens is 1. The molecule has 0 aliphatic heterocycles. The zero-order chi connectivity index (χ0) is 19.3. The summed E-state index contributed by atoms with van der Waals surface area (Å²) in [6.07, 6.45) is 11.9. The quantitative estimate of drug-likeness (QED) is 0.249. The summed E-state index contributed by atoms with van der Waals surface area (Å²) in [7, 11) is 0. The third-order valence-corrected chi connectivity index (χ3v) is 5.82. The molecule has 2 N–H and O–H groups in total. The van der Waals surface area contributed by atoms with E-state index in [4.69, 9.17) is 0 Å². The normalized spacial score (nSPS) is 10.7. The van der Waals surface area contributed by atoms with Gasteiger partial charge in [-0.15, -0.1) is 10.2 Å². The van der Waals surface area contributed by atoms with Crippen LogP contribution in [-0.4, -0.2) is 22.6 Å². The highest BCUT2D eigenvalue weighted by Gasteiger charge is 2.10. The minimum absolute atomic E-state index is 0.159. The maximum atomic E-state index is 12.2. The molecule has 148 valence electrons. The first kappa shape index (κ1) is 22.1. The molecular weight excluding hydrogens is 471 g/mol. The Bertz CT molecular complexity index is 675. The van der Waals surface area contributed by atoms with Gasteiger partial charge in [0.05, 0.1) is 0 Å². The predicted octanol–water partition coefficient (Wildman–Crippen LogP) is 6.34. The molecule has 1 aromatic heterocycles. The van der Waals surface area contributed by atoms with Crippen molar-refractivity contribution in [2.24, 2.45) is 0 Å². The van der Waals surface area contributed by atoms with Gasteiger partial charge in [0.15, 0.2) is 0 Å². The molecule has 5 nitrogen and oxygen atoms in total. The van der Waals surface area contributed by atoms with Crippen molar-refractivity contribution in [3.63, 3.8) is 0 Å². The lowest BCUT2D eigenvalue weighted by molar-refractivity contribution is 0.102. The van der Waals surface area contributed by atoms with Crippen LogP contribution in [0.15, 0.2) is 24.3 Å². The number of anilines is 2. The minimum atomic E-state index is -0.159. The second kappa shape index (κ2) is 13.0. The Hall–Kier alpha value is -1.22. The van der Waals surface area contributed by atoms with Gasteiger partial charge in [-0.2, -0.15) is 0 Å². The van der Waals surface area contributed by atoms with Gasteiger partial charge in [0, 0.05) is 15.7 Å². The second-order valence-corrected chi connectivity index (χ2v) is 8.85. The number of nitrogens with zero attached hydrogens (tertiary/aromatic N) is 2. The van der Waals surface area contributed by atoms with Crippen LogP contribution in [0.3, 0.4) is 0 Å². The van der Waals surface area contributed by atoms with E-state index in [0.29, 0.717) is 10.7 Å². The zero-order valence-electron chi connectivity index (χ0n) is 16.0. The Balaban J connectivity index is 1.58. The summed E-state index contributed by atoms with van der Waals surface area (Å²) in [4.78, 5) is 12.2. The first-order chi connectivity index (χ1) is 13.2. The molecule has 0 bridgehead atoms. The third kappa shape index (κ3) is 9.01. The van der Waals surface area contributed by atoms with Gasteiger partial charge in [-0.25, -0.2) is 0 Å². The fourth-order valence-electron chi connectivity index (χ4n) is 2.75. The van der Waals surface area contributed by atoms with Gasteiger partial charge in [-0.3, -0.25) is 10.1 Å². The van der Waals surface area contributed by atoms with E-state index in [1.165, 1.54) is 62.7 Å². The van der Waals surface area contributed by atoms with Gasteiger partial charge in [-0.05, 0) is 53.3 Å². The van der Waals surface area contributed by atoms with Gasteiger partial charge >= 0.3 is 0 Å². The van der Waals surface area contributed by atoms with E-state index in [1.807, 2.05) is 12.1 Å². The summed E-state index contributed by atoms with van der Waals surface area (Å²) in [5.41, 5.74) is 0.620. The largest absolute Gasteiger partial charge is 0.360 e. The Morgan fingerprint density at radius 2 is 1.52 bits per heavy atom. The molecule has 0 saturated carbocycles.